The van der Waals surface area contributed by atoms with Crippen LogP contribution in [0.1, 0.15) is 6.92 Å². The van der Waals surface area contributed by atoms with Gasteiger partial charge in [0.1, 0.15) is 0 Å². The van der Waals surface area contributed by atoms with Gasteiger partial charge in [0.05, 0.1) is 27.5 Å². The van der Waals surface area contributed by atoms with Gasteiger partial charge in [-0.1, -0.05) is 29.3 Å². The molecule has 1 unspecified atom stereocenters. The van der Waals surface area contributed by atoms with Crippen LogP contribution in [0.2, 0.25) is 10.0 Å². The lowest BCUT2D eigenvalue weighted by atomic mass is 10.2. The molecule has 1 atom stereocenters. The van der Waals surface area contributed by atoms with E-state index in [2.05, 4.69) is 0 Å². The van der Waals surface area contributed by atoms with Gasteiger partial charge in [-0.2, -0.15) is 5.26 Å². The summed E-state index contributed by atoms with van der Waals surface area (Å²) in [6.07, 6.45) is 1.86. The number of hydrogen-bond acceptors (Lipinski definition) is 4. The van der Waals surface area contributed by atoms with Gasteiger partial charge in [-0.25, -0.2) is 8.42 Å². The number of nitrogens with zero attached hydrogens (tertiary/aromatic N) is 2. The molecular weight excluding hydrogens is 319 g/mol. The van der Waals surface area contributed by atoms with E-state index in [9.17, 15) is 8.42 Å². The summed E-state index contributed by atoms with van der Waals surface area (Å²) in [7, 11) is 1.45. The van der Waals surface area contributed by atoms with Gasteiger partial charge < -0.3 is 0 Å². The van der Waals surface area contributed by atoms with E-state index in [0.717, 1.165) is 4.90 Å². The van der Waals surface area contributed by atoms with E-state index in [1.807, 2.05) is 6.19 Å². The van der Waals surface area contributed by atoms with E-state index in [0.29, 0.717) is 0 Å². The van der Waals surface area contributed by atoms with Crippen molar-refractivity contribution in [2.24, 2.45) is 0 Å². The molecule has 0 heterocycles. The summed E-state index contributed by atoms with van der Waals surface area (Å²) in [5.74, 6) is -0.385. The molecule has 1 aromatic carbocycles. The topological polar surface area (TPSA) is 61.2 Å². The van der Waals surface area contributed by atoms with E-state index < -0.39 is 15.1 Å². The monoisotopic (exact) mass is 326 g/mol. The molecule has 98 valence electrons. The van der Waals surface area contributed by atoms with E-state index in [-0.39, 0.29) is 21.5 Å². The first kappa shape index (κ1) is 15.4. The van der Waals surface area contributed by atoms with Crippen molar-refractivity contribution in [1.29, 1.82) is 5.26 Å². The average molecular weight is 328 g/mol. The van der Waals surface area contributed by atoms with Crippen LogP contribution in [-0.2, 0) is 9.05 Å². The molecule has 0 N–H and O–H groups in total. The van der Waals surface area contributed by atoms with Crippen LogP contribution in [0.15, 0.2) is 18.2 Å². The quantitative estimate of drug-likeness (QED) is 0.484. The first-order chi connectivity index (χ1) is 8.26. The Kier molecular flexibility index (Phi) is 5.11. The van der Waals surface area contributed by atoms with Gasteiger partial charge in [0.25, 0.3) is 0 Å². The fourth-order valence-corrected chi connectivity index (χ4v) is 3.30. The largest absolute Gasteiger partial charge is 0.273 e. The number of anilines is 1. The summed E-state index contributed by atoms with van der Waals surface area (Å²) in [6, 6.07) is 4.09. The predicted octanol–water partition coefficient (Wildman–Crippen LogP) is 3.24. The number of para-hydroxylation sites is 1. The molecule has 0 aliphatic heterocycles. The molecule has 8 heteroatoms. The number of halogens is 3. The average Bonchev–Trinajstić information content (AvgIpc) is 2.20. The molecular formula is C10H9Cl3N2O2S. The molecule has 4 nitrogen and oxygen atoms in total. The van der Waals surface area contributed by atoms with Crippen LogP contribution < -0.4 is 4.90 Å². The molecule has 1 aromatic rings. The number of benzene rings is 1. The van der Waals surface area contributed by atoms with Crippen LogP contribution in [0.5, 0.6) is 0 Å². The Morgan fingerprint density at radius 2 is 1.89 bits per heavy atom. The Balaban J connectivity index is 3.16. The summed E-state index contributed by atoms with van der Waals surface area (Å²) in [4.78, 5) is 1.13. The third kappa shape index (κ3) is 3.92. The number of nitriles is 1. The Labute approximate surface area is 120 Å². The van der Waals surface area contributed by atoms with Crippen LogP contribution >= 0.6 is 33.9 Å². The Bertz CT molecular complexity index is 563. The van der Waals surface area contributed by atoms with Crippen LogP contribution in [0.3, 0.4) is 0 Å². The van der Waals surface area contributed by atoms with Gasteiger partial charge in [-0.05, 0) is 19.1 Å². The third-order valence-electron chi connectivity index (χ3n) is 2.17. The highest BCUT2D eigenvalue weighted by Crippen LogP contribution is 2.34. The van der Waals surface area contributed by atoms with Gasteiger partial charge in [-0.3, -0.25) is 4.90 Å². The molecule has 0 aromatic heterocycles. The maximum atomic E-state index is 11.0. The SMILES string of the molecule is CC(CS(=O)(=O)Cl)N(C#N)c1c(Cl)cccc1Cl. The van der Waals surface area contributed by atoms with Crippen LogP contribution in [0, 0.1) is 11.5 Å². The molecule has 0 bridgehead atoms. The lowest BCUT2D eigenvalue weighted by molar-refractivity contribution is 0.602. The lowest BCUT2D eigenvalue weighted by Gasteiger charge is -2.24. The van der Waals surface area contributed by atoms with Crippen LogP contribution in [0.4, 0.5) is 5.69 Å². The third-order valence-corrected chi connectivity index (χ3v) is 4.04. The molecule has 1 rings (SSSR count). The minimum Gasteiger partial charge on any atom is -0.273 e. The summed E-state index contributed by atoms with van der Waals surface area (Å²) in [6.45, 7) is 1.54. The fourth-order valence-electron chi connectivity index (χ4n) is 1.45. The minimum absolute atomic E-state index is 0.267. The van der Waals surface area contributed by atoms with Crippen molar-refractivity contribution in [2.45, 2.75) is 13.0 Å². The second-order valence-electron chi connectivity index (χ2n) is 3.59. The first-order valence-corrected chi connectivity index (χ1v) is 8.05. The Morgan fingerprint density at radius 3 is 2.28 bits per heavy atom. The van der Waals surface area contributed by atoms with E-state index in [1.165, 1.54) is 0 Å². The molecule has 0 amide bonds. The van der Waals surface area contributed by atoms with Crippen molar-refractivity contribution in [2.75, 3.05) is 10.7 Å². The molecule has 0 aliphatic carbocycles. The normalized spacial score (nSPS) is 12.8. The molecule has 0 fully saturated rings. The summed E-state index contributed by atoms with van der Waals surface area (Å²) in [5.41, 5.74) is 0.274. The summed E-state index contributed by atoms with van der Waals surface area (Å²) < 4.78 is 22.1. The predicted molar refractivity (Wildman–Crippen MR) is 73.7 cm³/mol. The van der Waals surface area contributed by atoms with Crippen molar-refractivity contribution in [1.82, 2.24) is 0 Å². The van der Waals surface area contributed by atoms with E-state index in [4.69, 9.17) is 39.1 Å². The van der Waals surface area contributed by atoms with Gasteiger partial charge in [-0.15, -0.1) is 0 Å². The molecule has 0 aliphatic rings. The van der Waals surface area contributed by atoms with Crippen molar-refractivity contribution < 1.29 is 8.42 Å². The van der Waals surface area contributed by atoms with Crippen molar-refractivity contribution in [3.05, 3.63) is 28.2 Å². The smallest absolute Gasteiger partial charge is 0.234 e. The van der Waals surface area contributed by atoms with E-state index in [1.54, 1.807) is 25.1 Å². The zero-order chi connectivity index (χ0) is 13.9. The maximum Gasteiger partial charge on any atom is 0.234 e. The Hall–Kier alpha value is -0.670. The lowest BCUT2D eigenvalue weighted by Crippen LogP contribution is -2.33. The van der Waals surface area contributed by atoms with Crippen molar-refractivity contribution >= 4 is 48.6 Å². The highest BCUT2D eigenvalue weighted by molar-refractivity contribution is 8.13. The highest BCUT2D eigenvalue weighted by atomic mass is 35.7. The molecule has 18 heavy (non-hydrogen) atoms. The zero-order valence-corrected chi connectivity index (χ0v) is 12.4. The highest BCUT2D eigenvalue weighted by Gasteiger charge is 2.23. The van der Waals surface area contributed by atoms with Gasteiger partial charge >= 0.3 is 0 Å². The summed E-state index contributed by atoms with van der Waals surface area (Å²) in [5, 5.41) is 9.65. The second kappa shape index (κ2) is 5.98. The minimum atomic E-state index is -3.72. The molecule has 0 spiro atoms. The van der Waals surface area contributed by atoms with Crippen LogP contribution in [0.25, 0.3) is 0 Å². The molecule has 0 saturated heterocycles. The van der Waals surface area contributed by atoms with Gasteiger partial charge in [0.2, 0.25) is 9.05 Å². The summed E-state index contributed by atoms with van der Waals surface area (Å²) >= 11 is 11.9. The van der Waals surface area contributed by atoms with Gasteiger partial charge in [0.15, 0.2) is 6.19 Å². The zero-order valence-electron chi connectivity index (χ0n) is 9.27. The standard InChI is InChI=1S/C10H9Cl3N2O2S/c1-7(5-18(13,16)17)15(6-14)10-8(11)3-2-4-9(10)12/h2-4,7H,5H2,1H3. The molecule has 0 radical (unpaired) electrons. The maximum absolute atomic E-state index is 11.0. The molecule has 0 saturated carbocycles. The van der Waals surface area contributed by atoms with Crippen molar-refractivity contribution in [3.63, 3.8) is 0 Å². The van der Waals surface area contributed by atoms with Crippen molar-refractivity contribution in [3.8, 4) is 6.19 Å². The second-order valence-corrected chi connectivity index (χ2v) is 7.23. The van der Waals surface area contributed by atoms with Crippen LogP contribution in [-0.4, -0.2) is 20.2 Å². The number of hydrogen-bond donors (Lipinski definition) is 0. The van der Waals surface area contributed by atoms with Gasteiger partial charge in [0, 0.05) is 10.7 Å². The van der Waals surface area contributed by atoms with E-state index >= 15 is 0 Å². The Morgan fingerprint density at radius 1 is 1.39 bits per heavy atom. The fraction of sp³-hybridized carbons (Fsp3) is 0.300. The number of rotatable bonds is 4. The first-order valence-electron chi connectivity index (χ1n) is 4.81.